The summed E-state index contributed by atoms with van der Waals surface area (Å²) in [6.07, 6.45) is 7.42. The third-order valence-corrected chi connectivity index (χ3v) is 10.9. The smallest absolute Gasteiger partial charge is 0.410 e. The van der Waals surface area contributed by atoms with Gasteiger partial charge in [-0.15, -0.1) is 13.2 Å². The molecule has 0 spiro atoms. The standard InChI is InChI=1S/C20H28N4O5.C18H24N4O5.C4H8O2/c1-6-13-8-20(13,17(26)28-7-2)22-16(25)14-11-24(18(27)29-19(3,4)5)10-12-9-21-23-15(12)14;1-5-11-6-18(11,15(24)25)20-14(23)12-9-22(16(26)27-17(2,3)4)8-10-7-19-21-13(10)12;5-4-2-1-3-6-4/h6,9,13-14H,1,7-8,10-11H2,2-5H3,(H,21,23)(H,22,25);5,7,11-12H,1,6,8-9H2,2-4H3,(H,19,21)(H,20,23)(H,24,25);4-5H,1-3H2/t13-,14?,20-;11-,12?,18-;/m11./s1. The molecule has 20 heteroatoms. The molecule has 5 heterocycles. The second-order valence-corrected chi connectivity index (χ2v) is 18.0. The SMILES string of the molecule is C=C[C@@H]1C[C@]1(NC(=O)C1CN(C(=O)OC(C)(C)C)Cc2cn[nH]c21)C(=O)O.C=C[C@@H]1C[C@]1(NC(=O)C1CN(C(=O)OC(C)(C)C)Cc2cn[nH]c21)C(=O)OCC.OC1CCCO1. The van der Waals surface area contributed by atoms with Crippen molar-refractivity contribution in [3.05, 3.63) is 60.2 Å². The largest absolute Gasteiger partial charge is 0.479 e. The number of carboxylic acid groups (broad SMARTS) is 1. The van der Waals surface area contributed by atoms with Crippen LogP contribution in [-0.2, 0) is 51.2 Å². The molecule has 4 amide bonds. The first-order chi connectivity index (χ1) is 29.1. The summed E-state index contributed by atoms with van der Waals surface area (Å²) in [5.41, 5.74) is -1.07. The molecule has 6 N–H and O–H groups in total. The number of aromatic nitrogens is 4. The molecule has 0 radical (unpaired) electrons. The van der Waals surface area contributed by atoms with E-state index in [1.807, 2.05) is 0 Å². The Hall–Kier alpha value is -5.76. The van der Waals surface area contributed by atoms with E-state index in [9.17, 15) is 33.9 Å². The molecule has 1 saturated heterocycles. The van der Waals surface area contributed by atoms with Crippen molar-refractivity contribution in [2.45, 2.75) is 128 Å². The first kappa shape index (κ1) is 47.3. The zero-order valence-electron chi connectivity index (χ0n) is 36.4. The van der Waals surface area contributed by atoms with Crippen LogP contribution in [0.1, 0.15) is 109 Å². The average Bonchev–Trinajstić information content (AvgIpc) is 3.72. The van der Waals surface area contributed by atoms with Crippen molar-refractivity contribution >= 4 is 35.9 Å². The Morgan fingerprint density at radius 3 is 1.63 bits per heavy atom. The Balaban J connectivity index is 0.000000206. The summed E-state index contributed by atoms with van der Waals surface area (Å²) in [5.74, 6) is -4.37. The van der Waals surface area contributed by atoms with Gasteiger partial charge in [0.25, 0.3) is 0 Å². The maximum Gasteiger partial charge on any atom is 0.410 e. The van der Waals surface area contributed by atoms with Gasteiger partial charge in [-0.05, 0) is 67.7 Å². The number of carboxylic acids is 1. The van der Waals surface area contributed by atoms with Gasteiger partial charge in [-0.1, -0.05) is 12.2 Å². The molecule has 5 aliphatic rings. The highest BCUT2D eigenvalue weighted by atomic mass is 16.6. The highest BCUT2D eigenvalue weighted by Gasteiger charge is 2.62. The van der Waals surface area contributed by atoms with E-state index >= 15 is 0 Å². The molecule has 2 aliphatic carbocycles. The monoisotopic (exact) mass is 868 g/mol. The van der Waals surface area contributed by atoms with Gasteiger partial charge >= 0.3 is 24.1 Å². The van der Waals surface area contributed by atoms with E-state index in [0.29, 0.717) is 36.3 Å². The highest BCUT2D eigenvalue weighted by Crippen LogP contribution is 2.47. The Labute approximate surface area is 360 Å². The number of aliphatic hydroxyl groups excluding tert-OH is 1. The minimum Gasteiger partial charge on any atom is -0.479 e. The zero-order chi connectivity index (χ0) is 45.8. The van der Waals surface area contributed by atoms with Crippen LogP contribution in [0.5, 0.6) is 0 Å². The molecule has 0 aromatic carbocycles. The summed E-state index contributed by atoms with van der Waals surface area (Å²) >= 11 is 0. The van der Waals surface area contributed by atoms with Crippen LogP contribution in [0, 0.1) is 11.8 Å². The maximum atomic E-state index is 13.2. The van der Waals surface area contributed by atoms with Crippen LogP contribution in [0.25, 0.3) is 0 Å². The third kappa shape index (κ3) is 11.0. The first-order valence-corrected chi connectivity index (χ1v) is 20.7. The van der Waals surface area contributed by atoms with E-state index in [0.717, 1.165) is 25.0 Å². The number of aromatic amines is 2. The number of aliphatic carboxylic acids is 1. The lowest BCUT2D eigenvalue weighted by Gasteiger charge is -2.33. The number of H-pyrrole nitrogens is 2. The number of carbonyl (C=O) groups excluding carboxylic acids is 5. The lowest BCUT2D eigenvalue weighted by atomic mass is 9.95. The van der Waals surface area contributed by atoms with Crippen LogP contribution < -0.4 is 10.6 Å². The fourth-order valence-corrected chi connectivity index (χ4v) is 7.47. The number of hydrogen-bond donors (Lipinski definition) is 6. The van der Waals surface area contributed by atoms with E-state index in [-0.39, 0.29) is 44.0 Å². The highest BCUT2D eigenvalue weighted by molar-refractivity contribution is 5.95. The van der Waals surface area contributed by atoms with Gasteiger partial charge in [0.1, 0.15) is 22.3 Å². The molecule has 7 rings (SSSR count). The van der Waals surface area contributed by atoms with Crippen molar-refractivity contribution in [2.75, 3.05) is 26.3 Å². The quantitative estimate of drug-likeness (QED) is 0.120. The van der Waals surface area contributed by atoms with Gasteiger partial charge < -0.3 is 49.6 Å². The van der Waals surface area contributed by atoms with Crippen molar-refractivity contribution in [3.8, 4) is 0 Å². The molecule has 0 bridgehead atoms. The number of nitrogens with zero attached hydrogens (tertiary/aromatic N) is 4. The number of nitrogens with one attached hydrogen (secondary N) is 4. The van der Waals surface area contributed by atoms with Gasteiger partial charge in [-0.3, -0.25) is 19.8 Å². The van der Waals surface area contributed by atoms with Crippen LogP contribution in [-0.4, -0.2) is 131 Å². The molecular formula is C42H60N8O12. The lowest BCUT2D eigenvalue weighted by molar-refractivity contribution is -0.149. The molecule has 3 aliphatic heterocycles. The van der Waals surface area contributed by atoms with Gasteiger partial charge in [-0.25, -0.2) is 19.2 Å². The maximum absolute atomic E-state index is 13.2. The molecule has 3 unspecified atom stereocenters. The molecule has 62 heavy (non-hydrogen) atoms. The number of carbonyl (C=O) groups is 6. The number of rotatable bonds is 9. The molecular weight excluding hydrogens is 809 g/mol. The first-order valence-electron chi connectivity index (χ1n) is 20.7. The lowest BCUT2D eigenvalue weighted by Crippen LogP contribution is -2.51. The van der Waals surface area contributed by atoms with Crippen molar-refractivity contribution in [3.63, 3.8) is 0 Å². The fourth-order valence-electron chi connectivity index (χ4n) is 7.47. The van der Waals surface area contributed by atoms with Crippen LogP contribution in [0.15, 0.2) is 37.7 Å². The van der Waals surface area contributed by atoms with E-state index in [2.05, 4.69) is 44.2 Å². The normalized spacial score (nSPS) is 26.9. The summed E-state index contributed by atoms with van der Waals surface area (Å²) in [6.45, 7) is 21.4. The van der Waals surface area contributed by atoms with Gasteiger partial charge in [0.05, 0.1) is 55.3 Å². The molecule has 2 aromatic rings. The molecule has 2 saturated carbocycles. The summed E-state index contributed by atoms with van der Waals surface area (Å²) in [4.78, 5) is 78.0. The van der Waals surface area contributed by atoms with E-state index in [1.54, 1.807) is 66.9 Å². The molecule has 340 valence electrons. The second kappa shape index (κ2) is 18.7. The molecule has 20 nitrogen and oxygen atoms in total. The van der Waals surface area contributed by atoms with E-state index in [4.69, 9.17) is 24.1 Å². The molecule has 2 aromatic heterocycles. The van der Waals surface area contributed by atoms with Crippen LogP contribution >= 0.6 is 0 Å². The molecule has 7 atom stereocenters. The predicted octanol–water partition coefficient (Wildman–Crippen LogP) is 3.37. The molecule has 3 fully saturated rings. The minimum absolute atomic E-state index is 0.0738. The number of ether oxygens (including phenoxy) is 4. The topological polar surface area (TPSA) is 268 Å². The van der Waals surface area contributed by atoms with Crippen LogP contribution in [0.4, 0.5) is 9.59 Å². The van der Waals surface area contributed by atoms with Gasteiger partial charge in [0, 0.05) is 49.1 Å². The Morgan fingerprint density at radius 1 is 0.839 bits per heavy atom. The van der Waals surface area contributed by atoms with Crippen molar-refractivity contribution < 1.29 is 57.9 Å². The van der Waals surface area contributed by atoms with Crippen LogP contribution in [0.2, 0.25) is 0 Å². The number of esters is 1. The van der Waals surface area contributed by atoms with E-state index < -0.39 is 70.4 Å². The summed E-state index contributed by atoms with van der Waals surface area (Å²) in [5, 5.41) is 37.1. The Bertz CT molecular complexity index is 2010. The number of amides is 4. The third-order valence-electron chi connectivity index (χ3n) is 10.9. The Morgan fingerprint density at radius 2 is 1.29 bits per heavy atom. The second-order valence-electron chi connectivity index (χ2n) is 18.0. The number of aliphatic hydroxyl groups is 1. The number of fused-ring (bicyclic) bond motifs is 2. The van der Waals surface area contributed by atoms with Crippen molar-refractivity contribution in [1.82, 2.24) is 40.8 Å². The minimum atomic E-state index is -1.33. The average molecular weight is 869 g/mol. The van der Waals surface area contributed by atoms with Crippen LogP contribution in [0.3, 0.4) is 0 Å². The van der Waals surface area contributed by atoms with Gasteiger partial charge in [0.15, 0.2) is 6.29 Å². The summed E-state index contributed by atoms with van der Waals surface area (Å²) in [7, 11) is 0. The number of hydrogen-bond acceptors (Lipinski definition) is 13. The van der Waals surface area contributed by atoms with Gasteiger partial charge in [-0.2, -0.15) is 10.2 Å². The van der Waals surface area contributed by atoms with Gasteiger partial charge in [0.2, 0.25) is 11.8 Å². The summed E-state index contributed by atoms with van der Waals surface area (Å²) in [6, 6.07) is 0. The zero-order valence-corrected chi connectivity index (χ0v) is 36.4. The Kier molecular flexibility index (Phi) is 14.3. The fraction of sp³-hybridized carbons (Fsp3) is 0.619. The van der Waals surface area contributed by atoms with E-state index in [1.165, 1.54) is 15.9 Å². The van der Waals surface area contributed by atoms with Crippen molar-refractivity contribution in [2.24, 2.45) is 11.8 Å². The van der Waals surface area contributed by atoms with Crippen molar-refractivity contribution in [1.29, 1.82) is 0 Å². The summed E-state index contributed by atoms with van der Waals surface area (Å²) < 4.78 is 20.7. The predicted molar refractivity (Wildman–Crippen MR) is 220 cm³/mol.